The molecular formula is C11H21NO2. The van der Waals surface area contributed by atoms with Crippen LogP contribution in [0.3, 0.4) is 0 Å². The van der Waals surface area contributed by atoms with Crippen molar-refractivity contribution in [2.75, 3.05) is 20.2 Å². The van der Waals surface area contributed by atoms with Crippen LogP contribution in [0.5, 0.6) is 0 Å². The predicted octanol–water partition coefficient (Wildman–Crippen LogP) is 1.81. The molecule has 1 aliphatic carbocycles. The summed E-state index contributed by atoms with van der Waals surface area (Å²) in [5.74, 6) is -0.0967. The zero-order chi connectivity index (χ0) is 10.4. The van der Waals surface area contributed by atoms with E-state index in [4.69, 9.17) is 4.74 Å². The zero-order valence-corrected chi connectivity index (χ0v) is 9.29. The molecule has 0 aromatic rings. The average Bonchev–Trinajstić information content (AvgIpc) is 2.19. The van der Waals surface area contributed by atoms with Crippen molar-refractivity contribution in [2.24, 2.45) is 0 Å². The lowest BCUT2D eigenvalue weighted by Crippen LogP contribution is -2.37. The normalized spacial score (nSPS) is 18.5. The Morgan fingerprint density at radius 2 is 2.00 bits per heavy atom. The van der Waals surface area contributed by atoms with Gasteiger partial charge in [0.25, 0.3) is 0 Å². The predicted molar refractivity (Wildman–Crippen MR) is 56.1 cm³/mol. The lowest BCUT2D eigenvalue weighted by molar-refractivity contribution is -0.144. The molecule has 0 aromatic carbocycles. The molecule has 0 unspecified atom stereocenters. The number of esters is 1. The third-order valence-corrected chi connectivity index (χ3v) is 2.88. The lowest BCUT2D eigenvalue weighted by atomic mass is 9.94. The summed E-state index contributed by atoms with van der Waals surface area (Å²) >= 11 is 0. The van der Waals surface area contributed by atoms with Gasteiger partial charge in [-0.15, -0.1) is 0 Å². The number of ether oxygens (including phenoxy) is 1. The van der Waals surface area contributed by atoms with Crippen LogP contribution in [-0.4, -0.2) is 37.1 Å². The summed E-state index contributed by atoms with van der Waals surface area (Å²) in [5.41, 5.74) is 0. The molecule has 0 saturated heterocycles. The fourth-order valence-electron chi connectivity index (χ4n) is 2.06. The molecule has 1 saturated carbocycles. The van der Waals surface area contributed by atoms with Gasteiger partial charge in [-0.3, -0.25) is 9.69 Å². The van der Waals surface area contributed by atoms with Crippen LogP contribution in [0, 0.1) is 0 Å². The van der Waals surface area contributed by atoms with Gasteiger partial charge in [0.05, 0.1) is 13.2 Å². The van der Waals surface area contributed by atoms with Gasteiger partial charge in [-0.25, -0.2) is 0 Å². The molecule has 1 aliphatic rings. The molecule has 0 aliphatic heterocycles. The first-order valence-corrected chi connectivity index (χ1v) is 5.60. The highest BCUT2D eigenvalue weighted by molar-refractivity contribution is 5.71. The maximum absolute atomic E-state index is 11.2. The highest BCUT2D eigenvalue weighted by atomic mass is 16.5. The Morgan fingerprint density at radius 1 is 1.36 bits per heavy atom. The number of hydrogen-bond donors (Lipinski definition) is 0. The minimum Gasteiger partial charge on any atom is -0.465 e. The number of hydrogen-bond acceptors (Lipinski definition) is 3. The molecule has 0 aromatic heterocycles. The molecule has 3 heteroatoms. The summed E-state index contributed by atoms with van der Waals surface area (Å²) in [7, 11) is 2.02. The first-order chi connectivity index (χ1) is 6.74. The van der Waals surface area contributed by atoms with E-state index >= 15 is 0 Å². The molecule has 1 rings (SSSR count). The van der Waals surface area contributed by atoms with Crippen LogP contribution in [-0.2, 0) is 9.53 Å². The molecule has 82 valence electrons. The van der Waals surface area contributed by atoms with Crippen LogP contribution in [0.1, 0.15) is 39.0 Å². The summed E-state index contributed by atoms with van der Waals surface area (Å²) < 4.78 is 4.92. The standard InChI is InChI=1S/C11H21NO2/c1-3-14-11(13)9-12(2)10-7-5-4-6-8-10/h10H,3-9H2,1-2H3. The van der Waals surface area contributed by atoms with E-state index in [1.54, 1.807) is 0 Å². The Morgan fingerprint density at radius 3 is 2.57 bits per heavy atom. The summed E-state index contributed by atoms with van der Waals surface area (Å²) in [6.07, 6.45) is 6.42. The van der Waals surface area contributed by atoms with E-state index in [2.05, 4.69) is 4.90 Å². The van der Waals surface area contributed by atoms with Crippen molar-refractivity contribution in [3.8, 4) is 0 Å². The maximum atomic E-state index is 11.2. The number of carbonyl (C=O) groups excluding carboxylic acids is 1. The Bertz CT molecular complexity index is 176. The average molecular weight is 199 g/mol. The van der Waals surface area contributed by atoms with Gasteiger partial charge in [0.2, 0.25) is 0 Å². The molecule has 0 N–H and O–H groups in total. The van der Waals surface area contributed by atoms with Gasteiger partial charge in [0.15, 0.2) is 0 Å². The molecule has 3 nitrogen and oxygen atoms in total. The number of rotatable bonds is 4. The third-order valence-electron chi connectivity index (χ3n) is 2.88. The minimum atomic E-state index is -0.0967. The third kappa shape index (κ3) is 3.66. The van der Waals surface area contributed by atoms with Crippen LogP contribution < -0.4 is 0 Å². The minimum absolute atomic E-state index is 0.0967. The van der Waals surface area contributed by atoms with Gasteiger partial charge >= 0.3 is 5.97 Å². The Balaban J connectivity index is 2.25. The van der Waals surface area contributed by atoms with Crippen molar-refractivity contribution >= 4 is 5.97 Å². The monoisotopic (exact) mass is 199 g/mol. The van der Waals surface area contributed by atoms with Gasteiger partial charge < -0.3 is 4.74 Å². The topological polar surface area (TPSA) is 29.5 Å². The Labute approximate surface area is 86.4 Å². The molecule has 0 atom stereocenters. The zero-order valence-electron chi connectivity index (χ0n) is 9.29. The molecule has 0 amide bonds. The largest absolute Gasteiger partial charge is 0.465 e. The van der Waals surface area contributed by atoms with Crippen LogP contribution in [0.25, 0.3) is 0 Å². The molecule has 14 heavy (non-hydrogen) atoms. The van der Waals surface area contributed by atoms with Gasteiger partial charge in [0.1, 0.15) is 0 Å². The lowest BCUT2D eigenvalue weighted by Gasteiger charge is -2.30. The van der Waals surface area contributed by atoms with E-state index in [9.17, 15) is 4.79 Å². The summed E-state index contributed by atoms with van der Waals surface area (Å²) in [6.45, 7) is 2.77. The molecule has 0 spiro atoms. The first-order valence-electron chi connectivity index (χ1n) is 5.60. The second kappa shape index (κ2) is 6.02. The van der Waals surface area contributed by atoms with E-state index < -0.39 is 0 Å². The van der Waals surface area contributed by atoms with Gasteiger partial charge in [-0.2, -0.15) is 0 Å². The van der Waals surface area contributed by atoms with Crippen LogP contribution >= 0.6 is 0 Å². The SMILES string of the molecule is CCOC(=O)CN(C)C1CCCCC1. The van der Waals surface area contributed by atoms with Crippen LogP contribution in [0.4, 0.5) is 0 Å². The maximum Gasteiger partial charge on any atom is 0.320 e. The van der Waals surface area contributed by atoms with E-state index in [-0.39, 0.29) is 5.97 Å². The van der Waals surface area contributed by atoms with Crippen molar-refractivity contribution < 1.29 is 9.53 Å². The van der Waals surface area contributed by atoms with Crippen molar-refractivity contribution in [1.82, 2.24) is 4.90 Å². The Hall–Kier alpha value is -0.570. The summed E-state index contributed by atoms with van der Waals surface area (Å²) in [5, 5.41) is 0. The molecule has 1 fully saturated rings. The number of nitrogens with zero attached hydrogens (tertiary/aromatic N) is 1. The number of carbonyl (C=O) groups is 1. The number of likely N-dealkylation sites (N-methyl/N-ethyl adjacent to an activating group) is 1. The molecule has 0 bridgehead atoms. The fraction of sp³-hybridized carbons (Fsp3) is 0.909. The second-order valence-electron chi connectivity index (χ2n) is 4.01. The quantitative estimate of drug-likeness (QED) is 0.647. The van der Waals surface area contributed by atoms with Crippen molar-refractivity contribution in [2.45, 2.75) is 45.1 Å². The molecule has 0 heterocycles. The van der Waals surface area contributed by atoms with E-state index in [1.165, 1.54) is 32.1 Å². The molecule has 0 radical (unpaired) electrons. The van der Waals surface area contributed by atoms with Crippen molar-refractivity contribution in [3.63, 3.8) is 0 Å². The second-order valence-corrected chi connectivity index (χ2v) is 4.01. The van der Waals surface area contributed by atoms with E-state index in [1.807, 2.05) is 14.0 Å². The van der Waals surface area contributed by atoms with Gasteiger partial charge in [-0.1, -0.05) is 19.3 Å². The summed E-state index contributed by atoms with van der Waals surface area (Å²) in [6, 6.07) is 0.591. The molecular weight excluding hydrogens is 178 g/mol. The fourth-order valence-corrected chi connectivity index (χ4v) is 2.06. The van der Waals surface area contributed by atoms with E-state index in [0.717, 1.165) is 0 Å². The van der Waals surface area contributed by atoms with E-state index in [0.29, 0.717) is 19.2 Å². The smallest absolute Gasteiger partial charge is 0.320 e. The highest BCUT2D eigenvalue weighted by Crippen LogP contribution is 2.21. The van der Waals surface area contributed by atoms with Gasteiger partial charge in [-0.05, 0) is 26.8 Å². The first kappa shape index (κ1) is 11.5. The van der Waals surface area contributed by atoms with Crippen LogP contribution in [0.2, 0.25) is 0 Å². The van der Waals surface area contributed by atoms with Crippen molar-refractivity contribution in [1.29, 1.82) is 0 Å². The van der Waals surface area contributed by atoms with Crippen LogP contribution in [0.15, 0.2) is 0 Å². The summed E-state index contributed by atoms with van der Waals surface area (Å²) in [4.78, 5) is 13.4. The highest BCUT2D eigenvalue weighted by Gasteiger charge is 2.19. The Kier molecular flexibility index (Phi) is 4.94. The van der Waals surface area contributed by atoms with Gasteiger partial charge in [0, 0.05) is 6.04 Å². The van der Waals surface area contributed by atoms with Crippen molar-refractivity contribution in [3.05, 3.63) is 0 Å².